The molecule has 106 valence electrons. The number of benzene rings is 1. The summed E-state index contributed by atoms with van der Waals surface area (Å²) in [7, 11) is 0. The monoisotopic (exact) mass is 262 g/mol. The highest BCUT2D eigenvalue weighted by molar-refractivity contribution is 5.42. The van der Waals surface area contributed by atoms with Gasteiger partial charge in [0.25, 0.3) is 0 Å². The van der Waals surface area contributed by atoms with E-state index in [0.717, 1.165) is 38.5 Å². The molecule has 3 nitrogen and oxygen atoms in total. The Morgan fingerprint density at radius 1 is 1.21 bits per heavy atom. The third kappa shape index (κ3) is 3.28. The van der Waals surface area contributed by atoms with Crippen LogP contribution in [0.5, 0.6) is 5.75 Å². The summed E-state index contributed by atoms with van der Waals surface area (Å²) in [6.45, 7) is 13.9. The van der Waals surface area contributed by atoms with Crippen LogP contribution < -0.4 is 10.1 Å². The van der Waals surface area contributed by atoms with Crippen LogP contribution in [0, 0.1) is 13.8 Å². The fourth-order valence-electron chi connectivity index (χ4n) is 2.84. The summed E-state index contributed by atoms with van der Waals surface area (Å²) in [4.78, 5) is 2.55. The molecule has 19 heavy (non-hydrogen) atoms. The molecule has 0 spiro atoms. The molecule has 1 aliphatic rings. The second-order valence-corrected chi connectivity index (χ2v) is 5.37. The van der Waals surface area contributed by atoms with E-state index in [-0.39, 0.29) is 0 Å². The summed E-state index contributed by atoms with van der Waals surface area (Å²) in [5.41, 5.74) is 4.01. The fourth-order valence-corrected chi connectivity index (χ4v) is 2.84. The highest BCUT2D eigenvalue weighted by Crippen LogP contribution is 2.29. The summed E-state index contributed by atoms with van der Waals surface area (Å²) >= 11 is 0. The van der Waals surface area contributed by atoms with E-state index in [0.29, 0.717) is 6.04 Å². The van der Waals surface area contributed by atoms with Gasteiger partial charge in [-0.15, -0.1) is 0 Å². The van der Waals surface area contributed by atoms with Crippen LogP contribution >= 0.6 is 0 Å². The number of nitrogens with one attached hydrogen (secondary N) is 1. The van der Waals surface area contributed by atoms with Crippen LogP contribution in [0.2, 0.25) is 0 Å². The number of aryl methyl sites for hydroxylation is 2. The van der Waals surface area contributed by atoms with E-state index < -0.39 is 0 Å². The summed E-state index contributed by atoms with van der Waals surface area (Å²) in [5.74, 6) is 1.02. The van der Waals surface area contributed by atoms with E-state index >= 15 is 0 Å². The molecule has 0 aliphatic carbocycles. The summed E-state index contributed by atoms with van der Waals surface area (Å²) in [5, 5.41) is 3.41. The molecule has 1 unspecified atom stereocenters. The third-order valence-electron chi connectivity index (χ3n) is 4.01. The van der Waals surface area contributed by atoms with Crippen molar-refractivity contribution in [3.8, 4) is 5.75 Å². The summed E-state index contributed by atoms with van der Waals surface area (Å²) in [6.07, 6.45) is 0. The first kappa shape index (κ1) is 14.4. The maximum atomic E-state index is 5.67. The molecule has 1 fully saturated rings. The number of hydrogen-bond donors (Lipinski definition) is 1. The van der Waals surface area contributed by atoms with Gasteiger partial charge in [0.2, 0.25) is 0 Å². The molecule has 1 saturated heterocycles. The summed E-state index contributed by atoms with van der Waals surface area (Å²) in [6, 6.07) is 4.97. The maximum absolute atomic E-state index is 5.67. The molecule has 0 saturated carbocycles. The van der Waals surface area contributed by atoms with E-state index in [1.165, 1.54) is 16.7 Å². The van der Waals surface area contributed by atoms with Gasteiger partial charge in [-0.2, -0.15) is 0 Å². The van der Waals surface area contributed by atoms with Crippen LogP contribution in [0.1, 0.15) is 36.6 Å². The molecule has 1 atom stereocenters. The molecular formula is C16H26N2O. The zero-order chi connectivity index (χ0) is 13.8. The zero-order valence-electron chi connectivity index (χ0n) is 12.6. The van der Waals surface area contributed by atoms with Crippen LogP contribution in [0.4, 0.5) is 0 Å². The van der Waals surface area contributed by atoms with Crippen LogP contribution in [-0.2, 0) is 0 Å². The smallest absolute Gasteiger partial charge is 0.122 e. The van der Waals surface area contributed by atoms with Crippen molar-refractivity contribution in [2.24, 2.45) is 0 Å². The van der Waals surface area contributed by atoms with Gasteiger partial charge in [-0.05, 0) is 50.5 Å². The predicted molar refractivity (Wildman–Crippen MR) is 79.9 cm³/mol. The quantitative estimate of drug-likeness (QED) is 0.903. The normalized spacial score (nSPS) is 18.3. The Labute approximate surface area is 116 Å². The molecule has 3 heteroatoms. The van der Waals surface area contributed by atoms with Crippen molar-refractivity contribution < 1.29 is 4.74 Å². The van der Waals surface area contributed by atoms with E-state index in [9.17, 15) is 0 Å². The van der Waals surface area contributed by atoms with Gasteiger partial charge in [-0.25, -0.2) is 0 Å². The Morgan fingerprint density at radius 2 is 1.89 bits per heavy atom. The predicted octanol–water partition coefficient (Wildman–Crippen LogP) is 2.67. The Morgan fingerprint density at radius 3 is 2.53 bits per heavy atom. The van der Waals surface area contributed by atoms with E-state index in [1.807, 2.05) is 6.92 Å². The summed E-state index contributed by atoms with van der Waals surface area (Å²) < 4.78 is 5.67. The molecule has 1 N–H and O–H groups in total. The minimum absolute atomic E-state index is 0.483. The van der Waals surface area contributed by atoms with Crippen molar-refractivity contribution >= 4 is 0 Å². The first-order valence-corrected chi connectivity index (χ1v) is 7.32. The second kappa shape index (κ2) is 6.40. The van der Waals surface area contributed by atoms with Crippen molar-refractivity contribution in [2.75, 3.05) is 32.8 Å². The molecular weight excluding hydrogens is 236 g/mol. The Kier molecular flexibility index (Phi) is 4.83. The molecule has 0 bridgehead atoms. The van der Waals surface area contributed by atoms with Gasteiger partial charge in [-0.3, -0.25) is 4.90 Å². The van der Waals surface area contributed by atoms with Crippen LogP contribution in [0.25, 0.3) is 0 Å². The standard InChI is InChI=1S/C16H26N2O/c1-5-19-16-11-12(2)15(10-13(16)3)14(4)18-8-6-17-7-9-18/h10-11,14,17H,5-9H2,1-4H3. The highest BCUT2D eigenvalue weighted by atomic mass is 16.5. The number of rotatable bonds is 4. The van der Waals surface area contributed by atoms with Crippen molar-refractivity contribution in [2.45, 2.75) is 33.7 Å². The molecule has 0 radical (unpaired) electrons. The minimum Gasteiger partial charge on any atom is -0.494 e. The number of piperazine rings is 1. The number of nitrogens with zero attached hydrogens (tertiary/aromatic N) is 1. The lowest BCUT2D eigenvalue weighted by atomic mass is 9.97. The Balaban J connectivity index is 2.21. The molecule has 0 amide bonds. The van der Waals surface area contributed by atoms with E-state index in [4.69, 9.17) is 4.74 Å². The lowest BCUT2D eigenvalue weighted by Crippen LogP contribution is -2.44. The highest BCUT2D eigenvalue weighted by Gasteiger charge is 2.20. The number of ether oxygens (including phenoxy) is 1. The molecule has 2 rings (SSSR count). The zero-order valence-corrected chi connectivity index (χ0v) is 12.6. The van der Waals surface area contributed by atoms with Gasteiger partial charge in [0.15, 0.2) is 0 Å². The van der Waals surface area contributed by atoms with Gasteiger partial charge in [0, 0.05) is 32.2 Å². The fraction of sp³-hybridized carbons (Fsp3) is 0.625. The van der Waals surface area contributed by atoms with Gasteiger partial charge in [0.05, 0.1) is 6.61 Å². The van der Waals surface area contributed by atoms with E-state index in [2.05, 4.69) is 43.1 Å². The molecule has 1 aromatic rings. The van der Waals surface area contributed by atoms with Gasteiger partial charge >= 0.3 is 0 Å². The number of hydrogen-bond acceptors (Lipinski definition) is 3. The van der Waals surface area contributed by atoms with Gasteiger partial charge in [-0.1, -0.05) is 6.07 Å². The first-order chi connectivity index (χ1) is 9.13. The maximum Gasteiger partial charge on any atom is 0.122 e. The minimum atomic E-state index is 0.483. The van der Waals surface area contributed by atoms with Crippen molar-refractivity contribution in [3.63, 3.8) is 0 Å². The molecule has 1 heterocycles. The van der Waals surface area contributed by atoms with Crippen molar-refractivity contribution in [1.82, 2.24) is 10.2 Å². The van der Waals surface area contributed by atoms with Crippen LogP contribution in [0.3, 0.4) is 0 Å². The topological polar surface area (TPSA) is 24.5 Å². The second-order valence-electron chi connectivity index (χ2n) is 5.37. The molecule has 0 aromatic heterocycles. The molecule has 1 aromatic carbocycles. The average Bonchev–Trinajstić information content (AvgIpc) is 2.43. The largest absolute Gasteiger partial charge is 0.494 e. The van der Waals surface area contributed by atoms with Crippen molar-refractivity contribution in [3.05, 3.63) is 28.8 Å². The van der Waals surface area contributed by atoms with Crippen LogP contribution in [-0.4, -0.2) is 37.7 Å². The Bertz CT molecular complexity index is 425. The van der Waals surface area contributed by atoms with Gasteiger partial charge in [0.1, 0.15) is 5.75 Å². The van der Waals surface area contributed by atoms with E-state index in [1.54, 1.807) is 0 Å². The SMILES string of the molecule is CCOc1cc(C)c(C(C)N2CCNCC2)cc1C. The third-order valence-corrected chi connectivity index (χ3v) is 4.01. The van der Waals surface area contributed by atoms with Gasteiger partial charge < -0.3 is 10.1 Å². The molecule has 1 aliphatic heterocycles. The lowest BCUT2D eigenvalue weighted by Gasteiger charge is -2.34. The average molecular weight is 262 g/mol. The Hall–Kier alpha value is -1.06. The lowest BCUT2D eigenvalue weighted by molar-refractivity contribution is 0.185. The van der Waals surface area contributed by atoms with Crippen LogP contribution in [0.15, 0.2) is 12.1 Å². The first-order valence-electron chi connectivity index (χ1n) is 7.32. The van der Waals surface area contributed by atoms with Crippen molar-refractivity contribution in [1.29, 1.82) is 0 Å².